The average molecular weight is 345 g/mol. The molecule has 24 heavy (non-hydrogen) atoms. The Bertz CT molecular complexity index is 695. The van der Waals surface area contributed by atoms with Crippen molar-refractivity contribution < 1.29 is 4.79 Å². The number of hydrogen-bond acceptors (Lipinski definition) is 2. The maximum absolute atomic E-state index is 12.3. The number of rotatable bonds is 4. The lowest BCUT2D eigenvalue weighted by Crippen LogP contribution is -2.23. The van der Waals surface area contributed by atoms with Crippen LogP contribution < -0.4 is 11.1 Å². The van der Waals surface area contributed by atoms with Gasteiger partial charge in [0.05, 0.1) is 0 Å². The van der Waals surface area contributed by atoms with E-state index in [0.29, 0.717) is 6.54 Å². The molecule has 1 atom stereocenters. The van der Waals surface area contributed by atoms with Gasteiger partial charge >= 0.3 is 0 Å². The summed E-state index contributed by atoms with van der Waals surface area (Å²) < 4.78 is 0. The maximum atomic E-state index is 12.3. The zero-order valence-electron chi connectivity index (χ0n) is 14.0. The van der Waals surface area contributed by atoms with Crippen LogP contribution in [0.25, 0.3) is 0 Å². The van der Waals surface area contributed by atoms with Crippen LogP contribution in [-0.4, -0.2) is 5.91 Å². The summed E-state index contributed by atoms with van der Waals surface area (Å²) in [7, 11) is 0. The van der Waals surface area contributed by atoms with Gasteiger partial charge in [0.2, 0.25) is 0 Å². The van der Waals surface area contributed by atoms with Gasteiger partial charge in [0, 0.05) is 18.2 Å². The molecule has 1 amide bonds. The van der Waals surface area contributed by atoms with Gasteiger partial charge in [0.15, 0.2) is 0 Å². The lowest BCUT2D eigenvalue weighted by molar-refractivity contribution is 0.0951. The van der Waals surface area contributed by atoms with Gasteiger partial charge in [-0.2, -0.15) is 0 Å². The van der Waals surface area contributed by atoms with Crippen LogP contribution in [0.3, 0.4) is 0 Å². The van der Waals surface area contributed by atoms with Crippen molar-refractivity contribution >= 4 is 18.3 Å². The third kappa shape index (κ3) is 4.37. The molecule has 0 aliphatic heterocycles. The minimum Gasteiger partial charge on any atom is -0.348 e. The lowest BCUT2D eigenvalue weighted by Gasteiger charge is -2.16. The highest BCUT2D eigenvalue weighted by Gasteiger charge is 2.12. The zero-order valence-corrected chi connectivity index (χ0v) is 14.9. The Hall–Kier alpha value is -1.84. The molecular weight excluding hydrogens is 320 g/mol. The van der Waals surface area contributed by atoms with Gasteiger partial charge in [0.1, 0.15) is 0 Å². The van der Waals surface area contributed by atoms with Gasteiger partial charge in [-0.25, -0.2) is 0 Å². The molecule has 2 aromatic rings. The summed E-state index contributed by atoms with van der Waals surface area (Å²) in [4.78, 5) is 12.3. The number of nitrogens with one attached hydrogen (secondary N) is 1. The molecule has 0 bridgehead atoms. The Morgan fingerprint density at radius 3 is 2.42 bits per heavy atom. The van der Waals surface area contributed by atoms with Crippen molar-refractivity contribution in [2.75, 3.05) is 0 Å². The molecule has 0 aromatic heterocycles. The minimum atomic E-state index is -0.00496. The fraction of sp³-hybridized carbons (Fsp3) is 0.350. The second kappa shape index (κ2) is 8.32. The first-order chi connectivity index (χ1) is 11.1. The van der Waals surface area contributed by atoms with Gasteiger partial charge in [-0.15, -0.1) is 12.4 Å². The highest BCUT2D eigenvalue weighted by molar-refractivity contribution is 5.94. The van der Waals surface area contributed by atoms with Gasteiger partial charge in [-0.3, -0.25) is 4.79 Å². The Morgan fingerprint density at radius 2 is 1.75 bits per heavy atom. The molecule has 3 nitrogen and oxygen atoms in total. The maximum Gasteiger partial charge on any atom is 0.251 e. The minimum absolute atomic E-state index is 0. The molecule has 1 aliphatic carbocycles. The normalized spacial score (nSPS) is 14.2. The van der Waals surface area contributed by atoms with Crippen LogP contribution >= 0.6 is 12.4 Å². The van der Waals surface area contributed by atoms with Crippen LogP contribution in [0.2, 0.25) is 0 Å². The molecule has 0 radical (unpaired) electrons. The Morgan fingerprint density at radius 1 is 1.08 bits per heavy atom. The van der Waals surface area contributed by atoms with E-state index in [1.54, 1.807) is 0 Å². The number of benzene rings is 2. The van der Waals surface area contributed by atoms with Crippen molar-refractivity contribution in [1.29, 1.82) is 0 Å². The molecule has 4 heteroatoms. The third-order valence-corrected chi connectivity index (χ3v) is 4.57. The summed E-state index contributed by atoms with van der Waals surface area (Å²) in [6.07, 6.45) is 4.72. The summed E-state index contributed by atoms with van der Waals surface area (Å²) >= 11 is 0. The quantitative estimate of drug-likeness (QED) is 0.882. The standard InChI is InChI=1S/C20H24N2O.ClH/c1-14(21)16-8-6-15(7-9-16)13-22-20(23)19-11-10-17-4-2-3-5-18(17)12-19;/h6-12,14H,2-5,13,21H2,1H3,(H,22,23);1H. The second-order valence-electron chi connectivity index (χ2n) is 6.40. The molecule has 3 rings (SSSR count). The van der Waals surface area contributed by atoms with Crippen molar-refractivity contribution in [3.8, 4) is 0 Å². The third-order valence-electron chi connectivity index (χ3n) is 4.57. The highest BCUT2D eigenvalue weighted by Crippen LogP contribution is 2.22. The molecule has 0 saturated heterocycles. The topological polar surface area (TPSA) is 55.1 Å². The molecule has 1 unspecified atom stereocenters. The van der Waals surface area contributed by atoms with E-state index in [1.807, 2.05) is 37.3 Å². The molecule has 0 heterocycles. The largest absolute Gasteiger partial charge is 0.348 e. The number of amides is 1. The first kappa shape index (κ1) is 18.5. The van der Waals surface area contributed by atoms with E-state index in [2.05, 4.69) is 17.4 Å². The molecule has 128 valence electrons. The Balaban J connectivity index is 0.00000208. The predicted octanol–water partition coefficient (Wildman–Crippen LogP) is 3.94. The van der Waals surface area contributed by atoms with Crippen LogP contribution in [-0.2, 0) is 19.4 Å². The number of fused-ring (bicyclic) bond motifs is 1. The van der Waals surface area contributed by atoms with Gasteiger partial charge < -0.3 is 11.1 Å². The SMILES string of the molecule is CC(N)c1ccc(CNC(=O)c2ccc3c(c2)CCCC3)cc1.Cl. The fourth-order valence-electron chi connectivity index (χ4n) is 3.10. The Labute approximate surface area is 150 Å². The summed E-state index contributed by atoms with van der Waals surface area (Å²) in [5.74, 6) is -0.00496. The van der Waals surface area contributed by atoms with Crippen molar-refractivity contribution in [2.45, 2.75) is 45.2 Å². The van der Waals surface area contributed by atoms with E-state index in [-0.39, 0.29) is 24.4 Å². The van der Waals surface area contributed by atoms with Crippen LogP contribution in [0.5, 0.6) is 0 Å². The fourth-order valence-corrected chi connectivity index (χ4v) is 3.10. The van der Waals surface area contributed by atoms with Crippen LogP contribution in [0.1, 0.15) is 58.4 Å². The van der Waals surface area contributed by atoms with Gasteiger partial charge in [0.25, 0.3) is 5.91 Å². The van der Waals surface area contributed by atoms with E-state index in [0.717, 1.165) is 29.5 Å². The number of carbonyl (C=O) groups is 1. The van der Waals surface area contributed by atoms with Gasteiger partial charge in [-0.1, -0.05) is 30.3 Å². The molecular formula is C20H25ClN2O. The van der Waals surface area contributed by atoms with E-state index in [1.165, 1.54) is 24.0 Å². The number of nitrogens with two attached hydrogens (primary N) is 1. The molecule has 3 N–H and O–H groups in total. The monoisotopic (exact) mass is 344 g/mol. The second-order valence-corrected chi connectivity index (χ2v) is 6.40. The summed E-state index contributed by atoms with van der Waals surface area (Å²) in [5, 5.41) is 3.00. The van der Waals surface area contributed by atoms with Crippen molar-refractivity contribution in [3.63, 3.8) is 0 Å². The summed E-state index contributed by atoms with van der Waals surface area (Å²) in [6.45, 7) is 2.50. The van der Waals surface area contributed by atoms with Crippen LogP contribution in [0, 0.1) is 0 Å². The summed E-state index contributed by atoms with van der Waals surface area (Å²) in [5.41, 5.74) is 11.5. The average Bonchev–Trinajstić information content (AvgIpc) is 2.59. The van der Waals surface area contributed by atoms with E-state index >= 15 is 0 Å². The summed E-state index contributed by atoms with van der Waals surface area (Å²) in [6, 6.07) is 14.2. The van der Waals surface area contributed by atoms with E-state index in [9.17, 15) is 4.79 Å². The zero-order chi connectivity index (χ0) is 16.2. The number of aryl methyl sites for hydroxylation is 2. The van der Waals surface area contributed by atoms with Crippen molar-refractivity contribution in [2.24, 2.45) is 5.73 Å². The van der Waals surface area contributed by atoms with E-state index < -0.39 is 0 Å². The Kier molecular flexibility index (Phi) is 6.41. The van der Waals surface area contributed by atoms with Crippen LogP contribution in [0.15, 0.2) is 42.5 Å². The van der Waals surface area contributed by atoms with Crippen molar-refractivity contribution in [3.05, 3.63) is 70.3 Å². The van der Waals surface area contributed by atoms with Crippen molar-refractivity contribution in [1.82, 2.24) is 5.32 Å². The smallest absolute Gasteiger partial charge is 0.251 e. The predicted molar refractivity (Wildman–Crippen MR) is 101 cm³/mol. The molecule has 1 aliphatic rings. The van der Waals surface area contributed by atoms with Crippen LogP contribution in [0.4, 0.5) is 0 Å². The number of carbonyl (C=O) groups excluding carboxylic acids is 1. The lowest BCUT2D eigenvalue weighted by atomic mass is 9.90. The molecule has 0 saturated carbocycles. The molecule has 0 spiro atoms. The molecule has 2 aromatic carbocycles. The van der Waals surface area contributed by atoms with Gasteiger partial charge in [-0.05, 0) is 67.0 Å². The van der Waals surface area contributed by atoms with E-state index in [4.69, 9.17) is 5.73 Å². The first-order valence-electron chi connectivity index (χ1n) is 8.38. The number of hydrogen-bond donors (Lipinski definition) is 2. The molecule has 0 fully saturated rings. The first-order valence-corrected chi connectivity index (χ1v) is 8.38. The highest BCUT2D eigenvalue weighted by atomic mass is 35.5. The number of halogens is 1.